The van der Waals surface area contributed by atoms with Crippen LogP contribution in [-0.4, -0.2) is 33.0 Å². The lowest BCUT2D eigenvalue weighted by Crippen LogP contribution is -2.28. The fourth-order valence-corrected chi connectivity index (χ4v) is 1.18. The lowest BCUT2D eigenvalue weighted by atomic mass is 10.3. The first-order valence-electron chi connectivity index (χ1n) is 4.67. The Bertz CT molecular complexity index is 115. The number of rotatable bonds is 7. The molecule has 0 bridgehead atoms. The first kappa shape index (κ1) is 9.96. The Hall–Kier alpha value is -0.120. The fourth-order valence-electron chi connectivity index (χ4n) is 1.18. The summed E-state index contributed by atoms with van der Waals surface area (Å²) in [6.07, 6.45) is 4.07. The van der Waals surface area contributed by atoms with E-state index in [-0.39, 0.29) is 6.10 Å². The molecule has 0 aromatic heterocycles. The van der Waals surface area contributed by atoms with E-state index < -0.39 is 0 Å². The number of methoxy groups -OCH3 is 1. The highest BCUT2D eigenvalue weighted by atomic mass is 16.5. The molecule has 1 unspecified atom stereocenters. The number of hydrogen-bond donors (Lipinski definition) is 1. The molecular weight excluding hydrogens is 154 g/mol. The normalized spacial score (nSPS) is 19.5. The van der Waals surface area contributed by atoms with E-state index in [1.807, 2.05) is 0 Å². The van der Waals surface area contributed by atoms with Gasteiger partial charge in [0.15, 0.2) is 0 Å². The zero-order valence-corrected chi connectivity index (χ0v) is 7.79. The van der Waals surface area contributed by atoms with Gasteiger partial charge in [-0.1, -0.05) is 12.8 Å². The van der Waals surface area contributed by atoms with Crippen LogP contribution in [0.3, 0.4) is 0 Å². The van der Waals surface area contributed by atoms with Crippen LogP contribution in [0.4, 0.5) is 0 Å². The zero-order chi connectivity index (χ0) is 8.81. The molecule has 12 heavy (non-hydrogen) atoms. The molecule has 0 spiro atoms. The van der Waals surface area contributed by atoms with Crippen LogP contribution in [-0.2, 0) is 9.47 Å². The fraction of sp³-hybridized carbons (Fsp3) is 1.00. The highest BCUT2D eigenvalue weighted by Crippen LogP contribution is 2.32. The SMILES string of the molecule is COCC(CN)OCCC1CC1. The highest BCUT2D eigenvalue weighted by molar-refractivity contribution is 4.72. The minimum absolute atomic E-state index is 0.0914. The summed E-state index contributed by atoms with van der Waals surface area (Å²) >= 11 is 0. The molecule has 1 aliphatic carbocycles. The van der Waals surface area contributed by atoms with E-state index in [0.717, 1.165) is 12.5 Å². The molecule has 1 rings (SSSR count). The Labute approximate surface area is 74.2 Å². The number of nitrogens with two attached hydrogens (primary N) is 1. The summed E-state index contributed by atoms with van der Waals surface area (Å²) in [5.41, 5.74) is 5.49. The van der Waals surface area contributed by atoms with Crippen molar-refractivity contribution in [2.75, 3.05) is 26.9 Å². The predicted molar refractivity (Wildman–Crippen MR) is 48.0 cm³/mol. The van der Waals surface area contributed by atoms with Crippen LogP contribution >= 0.6 is 0 Å². The van der Waals surface area contributed by atoms with Gasteiger partial charge >= 0.3 is 0 Å². The van der Waals surface area contributed by atoms with E-state index in [9.17, 15) is 0 Å². The van der Waals surface area contributed by atoms with E-state index in [1.54, 1.807) is 7.11 Å². The predicted octanol–water partition coefficient (Wildman–Crippen LogP) is 0.777. The average molecular weight is 173 g/mol. The Morgan fingerprint density at radius 3 is 2.75 bits per heavy atom. The molecule has 0 aromatic carbocycles. The van der Waals surface area contributed by atoms with Gasteiger partial charge in [-0.15, -0.1) is 0 Å². The summed E-state index contributed by atoms with van der Waals surface area (Å²) in [6, 6.07) is 0. The standard InChI is InChI=1S/C9H19NO2/c1-11-7-9(6-10)12-5-4-8-2-3-8/h8-9H,2-7,10H2,1H3. The quantitative estimate of drug-likeness (QED) is 0.618. The maximum absolute atomic E-state index is 5.53. The first-order chi connectivity index (χ1) is 5.86. The lowest BCUT2D eigenvalue weighted by molar-refractivity contribution is 0.00133. The van der Waals surface area contributed by atoms with E-state index in [0.29, 0.717) is 13.2 Å². The average Bonchev–Trinajstić information content (AvgIpc) is 2.87. The molecule has 0 aromatic rings. The lowest BCUT2D eigenvalue weighted by Gasteiger charge is -2.14. The summed E-state index contributed by atoms with van der Waals surface area (Å²) in [5, 5.41) is 0. The van der Waals surface area contributed by atoms with Gasteiger partial charge < -0.3 is 15.2 Å². The molecule has 0 saturated heterocycles. The Morgan fingerprint density at radius 2 is 2.25 bits per heavy atom. The number of hydrogen-bond acceptors (Lipinski definition) is 3. The van der Waals surface area contributed by atoms with Crippen LogP contribution in [0.15, 0.2) is 0 Å². The molecule has 72 valence electrons. The van der Waals surface area contributed by atoms with Crippen LogP contribution < -0.4 is 5.73 Å². The molecule has 3 nitrogen and oxygen atoms in total. The third-order valence-electron chi connectivity index (χ3n) is 2.19. The molecular formula is C9H19NO2. The van der Waals surface area contributed by atoms with Crippen LogP contribution in [0.25, 0.3) is 0 Å². The van der Waals surface area contributed by atoms with Crippen molar-refractivity contribution in [3.8, 4) is 0 Å². The van der Waals surface area contributed by atoms with E-state index in [2.05, 4.69) is 0 Å². The van der Waals surface area contributed by atoms with Crippen molar-refractivity contribution in [2.45, 2.75) is 25.4 Å². The molecule has 0 amide bonds. The topological polar surface area (TPSA) is 44.5 Å². The van der Waals surface area contributed by atoms with Crippen molar-refractivity contribution in [1.29, 1.82) is 0 Å². The molecule has 2 N–H and O–H groups in total. The van der Waals surface area contributed by atoms with Crippen molar-refractivity contribution in [2.24, 2.45) is 11.7 Å². The van der Waals surface area contributed by atoms with E-state index >= 15 is 0 Å². The monoisotopic (exact) mass is 173 g/mol. The van der Waals surface area contributed by atoms with Gasteiger partial charge in [0.25, 0.3) is 0 Å². The maximum Gasteiger partial charge on any atom is 0.0930 e. The van der Waals surface area contributed by atoms with Crippen LogP contribution in [0.2, 0.25) is 0 Å². The van der Waals surface area contributed by atoms with Crippen molar-refractivity contribution in [3.05, 3.63) is 0 Å². The van der Waals surface area contributed by atoms with E-state index in [4.69, 9.17) is 15.2 Å². The Morgan fingerprint density at radius 1 is 1.50 bits per heavy atom. The summed E-state index contributed by atoms with van der Waals surface area (Å²) < 4.78 is 10.5. The largest absolute Gasteiger partial charge is 0.382 e. The van der Waals surface area contributed by atoms with Crippen molar-refractivity contribution in [1.82, 2.24) is 0 Å². The van der Waals surface area contributed by atoms with Gasteiger partial charge in [0.05, 0.1) is 12.7 Å². The number of ether oxygens (including phenoxy) is 2. The van der Waals surface area contributed by atoms with Gasteiger partial charge in [-0.05, 0) is 12.3 Å². The third-order valence-corrected chi connectivity index (χ3v) is 2.19. The molecule has 1 atom stereocenters. The van der Waals surface area contributed by atoms with E-state index in [1.165, 1.54) is 19.3 Å². The second-order valence-electron chi connectivity index (χ2n) is 3.42. The van der Waals surface area contributed by atoms with Crippen LogP contribution in [0.1, 0.15) is 19.3 Å². The summed E-state index contributed by atoms with van der Waals surface area (Å²) in [4.78, 5) is 0. The molecule has 0 radical (unpaired) electrons. The van der Waals surface area contributed by atoms with Crippen molar-refractivity contribution in [3.63, 3.8) is 0 Å². The minimum Gasteiger partial charge on any atom is -0.382 e. The van der Waals surface area contributed by atoms with Gasteiger partial charge in [0.1, 0.15) is 0 Å². The smallest absolute Gasteiger partial charge is 0.0930 e. The maximum atomic E-state index is 5.53. The van der Waals surface area contributed by atoms with Gasteiger partial charge in [-0.2, -0.15) is 0 Å². The molecule has 0 heterocycles. The van der Waals surface area contributed by atoms with Gasteiger partial charge in [0, 0.05) is 20.3 Å². The summed E-state index contributed by atoms with van der Waals surface area (Å²) in [5.74, 6) is 0.936. The van der Waals surface area contributed by atoms with Gasteiger partial charge in [-0.3, -0.25) is 0 Å². The minimum atomic E-state index is 0.0914. The molecule has 0 aliphatic heterocycles. The van der Waals surface area contributed by atoms with Crippen LogP contribution in [0.5, 0.6) is 0 Å². The van der Waals surface area contributed by atoms with Gasteiger partial charge in [-0.25, -0.2) is 0 Å². The summed E-state index contributed by atoms with van der Waals surface area (Å²) in [7, 11) is 1.67. The Balaban J connectivity index is 1.93. The highest BCUT2D eigenvalue weighted by Gasteiger charge is 2.21. The van der Waals surface area contributed by atoms with Crippen molar-refractivity contribution >= 4 is 0 Å². The third kappa shape index (κ3) is 4.04. The molecule has 3 heteroatoms. The van der Waals surface area contributed by atoms with Gasteiger partial charge in [0.2, 0.25) is 0 Å². The summed E-state index contributed by atoms with van der Waals surface area (Å²) in [6.45, 7) is 2.01. The molecule has 1 fully saturated rings. The second kappa shape index (κ2) is 5.51. The zero-order valence-electron chi connectivity index (χ0n) is 7.79. The molecule has 1 aliphatic rings. The van der Waals surface area contributed by atoms with Crippen molar-refractivity contribution < 1.29 is 9.47 Å². The molecule has 1 saturated carbocycles. The second-order valence-corrected chi connectivity index (χ2v) is 3.42. The first-order valence-corrected chi connectivity index (χ1v) is 4.67. The van der Waals surface area contributed by atoms with Crippen LogP contribution in [0, 0.1) is 5.92 Å². The Kier molecular flexibility index (Phi) is 4.58.